The molecule has 64 valence electrons. The number of fused-ring (bicyclic) bond motifs is 1. The SMILES string of the molecule is O.O.c1ccc2ncncc2c1. The Balaban J connectivity index is 0.000000605. The molecule has 0 amide bonds. The number of hydrogen-bond acceptors (Lipinski definition) is 2. The van der Waals surface area contributed by atoms with Gasteiger partial charge < -0.3 is 11.0 Å². The van der Waals surface area contributed by atoms with Gasteiger partial charge in [-0.05, 0) is 6.07 Å². The number of nitrogens with zero attached hydrogens (tertiary/aromatic N) is 2. The summed E-state index contributed by atoms with van der Waals surface area (Å²) < 4.78 is 0. The molecule has 0 spiro atoms. The minimum atomic E-state index is 0. The van der Waals surface area contributed by atoms with Gasteiger partial charge in [0.2, 0.25) is 0 Å². The van der Waals surface area contributed by atoms with Gasteiger partial charge in [0.05, 0.1) is 5.52 Å². The summed E-state index contributed by atoms with van der Waals surface area (Å²) in [7, 11) is 0. The van der Waals surface area contributed by atoms with Crippen molar-refractivity contribution >= 4 is 10.9 Å². The third kappa shape index (κ3) is 1.75. The summed E-state index contributed by atoms with van der Waals surface area (Å²) in [6.45, 7) is 0. The molecular formula is C8H10N2O2. The Morgan fingerprint density at radius 2 is 1.75 bits per heavy atom. The molecule has 1 aromatic carbocycles. The van der Waals surface area contributed by atoms with E-state index in [2.05, 4.69) is 9.97 Å². The molecular weight excluding hydrogens is 156 g/mol. The maximum Gasteiger partial charge on any atom is 0.116 e. The first-order chi connectivity index (χ1) is 4.97. The van der Waals surface area contributed by atoms with Crippen LogP contribution in [0, 0.1) is 0 Å². The Hall–Kier alpha value is -1.52. The molecule has 0 unspecified atom stereocenters. The van der Waals surface area contributed by atoms with Crippen LogP contribution in [0.5, 0.6) is 0 Å². The van der Waals surface area contributed by atoms with Gasteiger partial charge in [-0.3, -0.25) is 0 Å². The van der Waals surface area contributed by atoms with Crippen molar-refractivity contribution in [2.24, 2.45) is 0 Å². The highest BCUT2D eigenvalue weighted by atomic mass is 16.0. The van der Waals surface area contributed by atoms with Crippen LogP contribution in [-0.4, -0.2) is 20.9 Å². The molecule has 1 aromatic heterocycles. The fourth-order valence-corrected chi connectivity index (χ4v) is 0.923. The zero-order chi connectivity index (χ0) is 6.81. The van der Waals surface area contributed by atoms with Crippen LogP contribution in [0.1, 0.15) is 0 Å². The Morgan fingerprint density at radius 3 is 2.50 bits per heavy atom. The van der Waals surface area contributed by atoms with Crippen molar-refractivity contribution in [3.63, 3.8) is 0 Å². The molecule has 1 heterocycles. The Kier molecular flexibility index (Phi) is 3.82. The maximum atomic E-state index is 4.07. The van der Waals surface area contributed by atoms with Crippen LogP contribution in [0.15, 0.2) is 36.8 Å². The first-order valence-corrected chi connectivity index (χ1v) is 3.11. The molecule has 0 radical (unpaired) electrons. The van der Waals surface area contributed by atoms with Crippen LogP contribution in [0.2, 0.25) is 0 Å². The van der Waals surface area contributed by atoms with Gasteiger partial charge in [-0.2, -0.15) is 0 Å². The van der Waals surface area contributed by atoms with E-state index in [4.69, 9.17) is 0 Å². The lowest BCUT2D eigenvalue weighted by Crippen LogP contribution is -1.77. The molecule has 0 aliphatic rings. The number of rotatable bonds is 0. The number of benzene rings is 1. The molecule has 0 aliphatic heterocycles. The summed E-state index contributed by atoms with van der Waals surface area (Å²) in [5, 5.41) is 1.09. The van der Waals surface area contributed by atoms with Crippen molar-refractivity contribution in [3.8, 4) is 0 Å². The summed E-state index contributed by atoms with van der Waals surface area (Å²) >= 11 is 0. The quantitative estimate of drug-likeness (QED) is 0.550. The van der Waals surface area contributed by atoms with Gasteiger partial charge in [0.15, 0.2) is 0 Å². The second-order valence-corrected chi connectivity index (χ2v) is 2.08. The highest BCUT2D eigenvalue weighted by Gasteiger charge is 1.87. The monoisotopic (exact) mass is 166 g/mol. The van der Waals surface area contributed by atoms with E-state index >= 15 is 0 Å². The van der Waals surface area contributed by atoms with Gasteiger partial charge >= 0.3 is 0 Å². The first kappa shape index (κ1) is 10.5. The Morgan fingerprint density at radius 1 is 1.00 bits per heavy atom. The Labute approximate surface area is 69.5 Å². The van der Waals surface area contributed by atoms with E-state index in [0.717, 1.165) is 10.9 Å². The van der Waals surface area contributed by atoms with Gasteiger partial charge in [0.25, 0.3) is 0 Å². The first-order valence-electron chi connectivity index (χ1n) is 3.11. The van der Waals surface area contributed by atoms with Crippen molar-refractivity contribution < 1.29 is 11.0 Å². The van der Waals surface area contributed by atoms with Crippen molar-refractivity contribution in [3.05, 3.63) is 36.8 Å². The molecule has 0 fully saturated rings. The van der Waals surface area contributed by atoms with Crippen LogP contribution < -0.4 is 0 Å². The van der Waals surface area contributed by atoms with Crippen LogP contribution >= 0.6 is 0 Å². The van der Waals surface area contributed by atoms with Gasteiger partial charge in [-0.15, -0.1) is 0 Å². The second kappa shape index (κ2) is 4.38. The molecule has 0 saturated heterocycles. The molecule has 0 bridgehead atoms. The van der Waals surface area contributed by atoms with Crippen molar-refractivity contribution in [2.45, 2.75) is 0 Å². The fraction of sp³-hybridized carbons (Fsp3) is 0. The third-order valence-corrected chi connectivity index (χ3v) is 1.41. The average Bonchev–Trinajstić information content (AvgIpc) is 2.05. The fourth-order valence-electron chi connectivity index (χ4n) is 0.923. The normalized spacial score (nSPS) is 8.33. The Bertz CT molecular complexity index is 286. The van der Waals surface area contributed by atoms with Gasteiger partial charge in [-0.1, -0.05) is 18.2 Å². The van der Waals surface area contributed by atoms with E-state index in [9.17, 15) is 0 Å². The molecule has 0 aliphatic carbocycles. The van der Waals surface area contributed by atoms with Gasteiger partial charge in [0.1, 0.15) is 6.33 Å². The van der Waals surface area contributed by atoms with Crippen LogP contribution in [-0.2, 0) is 0 Å². The van der Waals surface area contributed by atoms with Crippen LogP contribution in [0.3, 0.4) is 0 Å². The molecule has 12 heavy (non-hydrogen) atoms. The lowest BCUT2D eigenvalue weighted by atomic mass is 10.2. The number of hydrogen-bond donors (Lipinski definition) is 0. The summed E-state index contributed by atoms with van der Waals surface area (Å²) in [6.07, 6.45) is 3.37. The van der Waals surface area contributed by atoms with Crippen LogP contribution in [0.25, 0.3) is 10.9 Å². The van der Waals surface area contributed by atoms with Crippen molar-refractivity contribution in [1.29, 1.82) is 0 Å². The lowest BCUT2D eigenvalue weighted by Gasteiger charge is -1.90. The van der Waals surface area contributed by atoms with E-state index in [1.807, 2.05) is 30.5 Å². The number of para-hydroxylation sites is 1. The predicted octanol–water partition coefficient (Wildman–Crippen LogP) is -0.0196. The van der Waals surface area contributed by atoms with E-state index in [1.165, 1.54) is 0 Å². The predicted molar refractivity (Wildman–Crippen MR) is 46.8 cm³/mol. The molecule has 2 aromatic rings. The topological polar surface area (TPSA) is 88.8 Å². The van der Waals surface area contributed by atoms with E-state index in [1.54, 1.807) is 6.33 Å². The molecule has 4 heteroatoms. The van der Waals surface area contributed by atoms with Crippen molar-refractivity contribution in [2.75, 3.05) is 0 Å². The van der Waals surface area contributed by atoms with Gasteiger partial charge in [-0.25, -0.2) is 9.97 Å². The molecule has 4 nitrogen and oxygen atoms in total. The minimum Gasteiger partial charge on any atom is -0.412 e. The average molecular weight is 166 g/mol. The molecule has 4 N–H and O–H groups in total. The van der Waals surface area contributed by atoms with E-state index in [0.29, 0.717) is 0 Å². The van der Waals surface area contributed by atoms with Gasteiger partial charge in [0, 0.05) is 11.6 Å². The zero-order valence-corrected chi connectivity index (χ0v) is 6.36. The summed E-state index contributed by atoms with van der Waals surface area (Å²) in [5.41, 5.74) is 0.998. The highest BCUT2D eigenvalue weighted by Crippen LogP contribution is 2.06. The van der Waals surface area contributed by atoms with Crippen molar-refractivity contribution in [1.82, 2.24) is 9.97 Å². The third-order valence-electron chi connectivity index (χ3n) is 1.41. The smallest absolute Gasteiger partial charge is 0.116 e. The molecule has 0 saturated carbocycles. The van der Waals surface area contributed by atoms with E-state index in [-0.39, 0.29) is 11.0 Å². The molecule has 2 rings (SSSR count). The number of aromatic nitrogens is 2. The summed E-state index contributed by atoms with van der Waals surface area (Å²) in [4.78, 5) is 7.97. The summed E-state index contributed by atoms with van der Waals surface area (Å²) in [5.74, 6) is 0. The zero-order valence-electron chi connectivity index (χ0n) is 6.36. The minimum absolute atomic E-state index is 0. The second-order valence-electron chi connectivity index (χ2n) is 2.08. The highest BCUT2D eigenvalue weighted by molar-refractivity contribution is 5.76. The maximum absolute atomic E-state index is 4.07. The van der Waals surface area contributed by atoms with E-state index < -0.39 is 0 Å². The van der Waals surface area contributed by atoms with Crippen LogP contribution in [0.4, 0.5) is 0 Å². The standard InChI is InChI=1S/C8H6N2.2H2O/c1-2-4-8-7(3-1)5-9-6-10-8;;/h1-6H;2*1H2. The largest absolute Gasteiger partial charge is 0.412 e. The molecule has 0 atom stereocenters. The summed E-state index contributed by atoms with van der Waals surface area (Å²) in [6, 6.07) is 7.91. The lowest BCUT2D eigenvalue weighted by molar-refractivity contribution is 0.823.